The van der Waals surface area contributed by atoms with Crippen LogP contribution in [0.25, 0.3) is 0 Å². The molecule has 48 valence electrons. The monoisotopic (exact) mass is 116 g/mol. The second kappa shape index (κ2) is 4.50. The second-order valence-corrected chi connectivity index (χ2v) is 1.38. The summed E-state index contributed by atoms with van der Waals surface area (Å²) in [4.78, 5) is 0. The minimum absolute atomic E-state index is 0.0370. The molecule has 0 bridgehead atoms. The lowest BCUT2D eigenvalue weighted by molar-refractivity contribution is 0.101. The van der Waals surface area contributed by atoms with Crippen LogP contribution >= 0.6 is 0 Å². The number of hydrogen-bond acceptors (Lipinski definition) is 2. The van der Waals surface area contributed by atoms with E-state index in [4.69, 9.17) is 9.84 Å². The summed E-state index contributed by atoms with van der Waals surface area (Å²) < 4.78 is 4.70. The molecule has 0 fully saturated rings. The van der Waals surface area contributed by atoms with E-state index in [1.807, 2.05) is 13.8 Å². The van der Waals surface area contributed by atoms with Gasteiger partial charge < -0.3 is 9.84 Å². The maximum absolute atomic E-state index is 8.69. The summed E-state index contributed by atoms with van der Waals surface area (Å²) >= 11 is 0. The Morgan fingerprint density at radius 1 is 1.62 bits per heavy atom. The highest BCUT2D eigenvalue weighted by Gasteiger charge is 1.84. The predicted octanol–water partition coefficient (Wildman–Crippen LogP) is 1.83. The summed E-state index contributed by atoms with van der Waals surface area (Å²) in [7, 11) is 0. The number of rotatable bonds is 3. The smallest absolute Gasteiger partial charge is 0.272 e. The highest BCUT2D eigenvalue weighted by atomic mass is 16.6. The van der Waals surface area contributed by atoms with Gasteiger partial charge in [-0.1, -0.05) is 6.92 Å². The summed E-state index contributed by atoms with van der Waals surface area (Å²) in [5.41, 5.74) is 0. The van der Waals surface area contributed by atoms with Crippen LogP contribution < -0.4 is 0 Å². The number of aliphatic hydroxyl groups is 1. The molecule has 0 radical (unpaired) electrons. The fraction of sp³-hybridized carbons (Fsp3) is 0.667. The Kier molecular flexibility index (Phi) is 4.13. The van der Waals surface area contributed by atoms with E-state index in [9.17, 15) is 0 Å². The molecule has 0 aromatic heterocycles. The van der Waals surface area contributed by atoms with Crippen LogP contribution in [-0.2, 0) is 4.74 Å². The van der Waals surface area contributed by atoms with E-state index in [1.54, 1.807) is 6.08 Å². The van der Waals surface area contributed by atoms with Crippen molar-refractivity contribution in [2.24, 2.45) is 0 Å². The van der Waals surface area contributed by atoms with Gasteiger partial charge in [0.25, 0.3) is 5.95 Å². The van der Waals surface area contributed by atoms with Gasteiger partial charge in [-0.05, 0) is 19.4 Å². The van der Waals surface area contributed by atoms with Crippen molar-refractivity contribution in [3.05, 3.63) is 12.0 Å². The first-order chi connectivity index (χ1) is 3.81. The molecule has 0 heterocycles. The van der Waals surface area contributed by atoms with Crippen LogP contribution in [0.1, 0.15) is 20.3 Å². The van der Waals surface area contributed by atoms with Crippen LogP contribution in [0.5, 0.6) is 0 Å². The van der Waals surface area contributed by atoms with E-state index in [0.29, 0.717) is 6.61 Å². The molecule has 0 unspecified atom stereocenters. The average molecular weight is 116 g/mol. The quantitative estimate of drug-likeness (QED) is 0.570. The van der Waals surface area contributed by atoms with Crippen molar-refractivity contribution in [1.29, 1.82) is 0 Å². The molecule has 0 aliphatic heterocycles. The van der Waals surface area contributed by atoms with Crippen molar-refractivity contribution in [2.75, 3.05) is 6.61 Å². The van der Waals surface area contributed by atoms with Gasteiger partial charge in [0.1, 0.15) is 0 Å². The minimum atomic E-state index is 0.0370. The molecule has 2 nitrogen and oxygen atoms in total. The molecule has 0 saturated carbocycles. The van der Waals surface area contributed by atoms with Crippen LogP contribution in [-0.4, -0.2) is 11.7 Å². The van der Waals surface area contributed by atoms with E-state index >= 15 is 0 Å². The number of hydrogen-bond donors (Lipinski definition) is 1. The largest absolute Gasteiger partial charge is 0.481 e. The summed E-state index contributed by atoms with van der Waals surface area (Å²) in [5, 5.41) is 8.69. The number of ether oxygens (including phenoxy) is 1. The van der Waals surface area contributed by atoms with Crippen LogP contribution in [0, 0.1) is 0 Å². The van der Waals surface area contributed by atoms with E-state index in [2.05, 4.69) is 0 Å². The van der Waals surface area contributed by atoms with Crippen LogP contribution in [0.2, 0.25) is 0 Å². The van der Waals surface area contributed by atoms with Gasteiger partial charge in [-0.2, -0.15) is 0 Å². The van der Waals surface area contributed by atoms with Gasteiger partial charge in [-0.25, -0.2) is 0 Å². The normalized spacial score (nSPS) is 11.5. The van der Waals surface area contributed by atoms with Gasteiger partial charge in [0.15, 0.2) is 0 Å². The van der Waals surface area contributed by atoms with Crippen LogP contribution in [0.3, 0.4) is 0 Å². The highest BCUT2D eigenvalue weighted by molar-refractivity contribution is 4.78. The first kappa shape index (κ1) is 7.34. The zero-order valence-electron chi connectivity index (χ0n) is 5.35. The topological polar surface area (TPSA) is 29.5 Å². The Bertz CT molecular complexity index is 76.6. The third kappa shape index (κ3) is 3.53. The van der Waals surface area contributed by atoms with E-state index in [1.165, 1.54) is 0 Å². The summed E-state index contributed by atoms with van der Waals surface area (Å²) in [6, 6.07) is 0. The lowest BCUT2D eigenvalue weighted by Gasteiger charge is -1.97. The van der Waals surface area contributed by atoms with Crippen molar-refractivity contribution < 1.29 is 9.84 Å². The first-order valence-electron chi connectivity index (χ1n) is 2.83. The highest BCUT2D eigenvalue weighted by Crippen LogP contribution is 1.91. The van der Waals surface area contributed by atoms with Crippen LogP contribution in [0.15, 0.2) is 12.0 Å². The fourth-order valence-electron chi connectivity index (χ4n) is 0.381. The third-order valence-electron chi connectivity index (χ3n) is 0.671. The lowest BCUT2D eigenvalue weighted by atomic mass is 10.5. The van der Waals surface area contributed by atoms with Crippen molar-refractivity contribution in [2.45, 2.75) is 20.3 Å². The molecular formula is C6H12O2. The van der Waals surface area contributed by atoms with Gasteiger partial charge in [0.05, 0.1) is 6.61 Å². The fourth-order valence-corrected chi connectivity index (χ4v) is 0.381. The third-order valence-corrected chi connectivity index (χ3v) is 0.671. The maximum Gasteiger partial charge on any atom is 0.272 e. The van der Waals surface area contributed by atoms with Crippen molar-refractivity contribution >= 4 is 0 Å². The molecular weight excluding hydrogens is 104 g/mol. The molecule has 2 heteroatoms. The summed E-state index contributed by atoms with van der Waals surface area (Å²) in [5.74, 6) is 0.0370. The van der Waals surface area contributed by atoms with Gasteiger partial charge in [-0.3, -0.25) is 0 Å². The van der Waals surface area contributed by atoms with Crippen LogP contribution in [0.4, 0.5) is 0 Å². The predicted molar refractivity (Wildman–Crippen MR) is 32.6 cm³/mol. The Labute approximate surface area is 49.8 Å². The van der Waals surface area contributed by atoms with Gasteiger partial charge >= 0.3 is 0 Å². The second-order valence-electron chi connectivity index (χ2n) is 1.38. The number of allylic oxidation sites excluding steroid dienone is 1. The van der Waals surface area contributed by atoms with Gasteiger partial charge in [-0.15, -0.1) is 0 Å². The van der Waals surface area contributed by atoms with E-state index in [-0.39, 0.29) is 5.95 Å². The van der Waals surface area contributed by atoms with E-state index in [0.717, 1.165) is 6.42 Å². The van der Waals surface area contributed by atoms with Gasteiger partial charge in [0, 0.05) is 0 Å². The molecule has 0 atom stereocenters. The minimum Gasteiger partial charge on any atom is -0.481 e. The molecule has 0 saturated heterocycles. The average Bonchev–Trinajstić information content (AvgIpc) is 1.68. The van der Waals surface area contributed by atoms with Crippen molar-refractivity contribution in [3.8, 4) is 0 Å². The molecule has 0 amide bonds. The Hall–Kier alpha value is -0.660. The molecule has 0 aliphatic rings. The molecule has 8 heavy (non-hydrogen) atoms. The Morgan fingerprint density at radius 3 is 2.62 bits per heavy atom. The molecule has 0 aliphatic carbocycles. The zero-order chi connectivity index (χ0) is 6.41. The SMILES string of the molecule is CC/C=C(\O)OCC. The molecule has 0 spiro atoms. The lowest BCUT2D eigenvalue weighted by Crippen LogP contribution is -1.88. The van der Waals surface area contributed by atoms with Gasteiger partial charge in [0.2, 0.25) is 0 Å². The van der Waals surface area contributed by atoms with Crippen molar-refractivity contribution in [1.82, 2.24) is 0 Å². The summed E-state index contributed by atoms with van der Waals surface area (Å²) in [6.07, 6.45) is 2.44. The molecule has 0 aromatic rings. The molecule has 1 N–H and O–H groups in total. The zero-order valence-corrected chi connectivity index (χ0v) is 5.35. The standard InChI is InChI=1S/C6H12O2/c1-3-5-6(7)8-4-2/h5,7H,3-4H2,1-2H3/b6-5+. The first-order valence-corrected chi connectivity index (χ1v) is 2.83. The maximum atomic E-state index is 8.69. The Morgan fingerprint density at radius 2 is 2.25 bits per heavy atom. The molecule has 0 rings (SSSR count). The summed E-state index contributed by atoms with van der Waals surface area (Å²) in [6.45, 7) is 4.30. The Balaban J connectivity index is 3.29. The van der Waals surface area contributed by atoms with E-state index < -0.39 is 0 Å². The molecule has 0 aromatic carbocycles. The number of aliphatic hydroxyl groups excluding tert-OH is 1. The van der Waals surface area contributed by atoms with Crippen molar-refractivity contribution in [3.63, 3.8) is 0 Å².